The number of aromatic hydroxyl groups is 1. The summed E-state index contributed by atoms with van der Waals surface area (Å²) in [5.41, 5.74) is 0.349. The molecule has 5 nitrogen and oxygen atoms in total. The molecular formula is C13H11NO4. The van der Waals surface area contributed by atoms with Crippen LogP contribution < -0.4 is 5.56 Å². The van der Waals surface area contributed by atoms with Crippen molar-refractivity contribution in [2.45, 2.75) is 6.54 Å². The summed E-state index contributed by atoms with van der Waals surface area (Å²) in [5, 5.41) is 18.2. The molecule has 0 spiro atoms. The smallest absolute Gasteiger partial charge is 0.335 e. The van der Waals surface area contributed by atoms with Gasteiger partial charge in [-0.2, -0.15) is 0 Å². The Bertz CT molecular complexity index is 645. The Balaban J connectivity index is 2.34. The van der Waals surface area contributed by atoms with E-state index >= 15 is 0 Å². The highest BCUT2D eigenvalue weighted by Gasteiger charge is 2.05. The van der Waals surface area contributed by atoms with Crippen LogP contribution in [0.5, 0.6) is 5.75 Å². The molecule has 1 aromatic carbocycles. The lowest BCUT2D eigenvalue weighted by molar-refractivity contribution is 0.0696. The van der Waals surface area contributed by atoms with Gasteiger partial charge in [-0.15, -0.1) is 0 Å². The maximum absolute atomic E-state index is 11.6. The molecule has 2 rings (SSSR count). The highest BCUT2D eigenvalue weighted by molar-refractivity contribution is 5.87. The molecule has 0 saturated carbocycles. The highest BCUT2D eigenvalue weighted by atomic mass is 16.4. The van der Waals surface area contributed by atoms with Crippen molar-refractivity contribution in [2.75, 3.05) is 0 Å². The number of aromatic carboxylic acids is 1. The van der Waals surface area contributed by atoms with E-state index in [1.807, 2.05) is 0 Å². The predicted molar refractivity (Wildman–Crippen MR) is 64.9 cm³/mol. The highest BCUT2D eigenvalue weighted by Crippen LogP contribution is 2.07. The minimum absolute atomic E-state index is 0.167. The maximum Gasteiger partial charge on any atom is 0.335 e. The van der Waals surface area contributed by atoms with Crippen LogP contribution in [0.25, 0.3) is 0 Å². The van der Waals surface area contributed by atoms with E-state index in [0.717, 1.165) is 0 Å². The van der Waals surface area contributed by atoms with Gasteiger partial charge in [0, 0.05) is 6.20 Å². The Labute approximate surface area is 103 Å². The Hall–Kier alpha value is -2.56. The zero-order valence-electron chi connectivity index (χ0n) is 9.41. The first kappa shape index (κ1) is 11.9. The largest absolute Gasteiger partial charge is 0.503 e. The summed E-state index contributed by atoms with van der Waals surface area (Å²) < 4.78 is 1.32. The number of benzene rings is 1. The van der Waals surface area contributed by atoms with Crippen LogP contribution in [0.1, 0.15) is 15.9 Å². The Morgan fingerprint density at radius 1 is 1.22 bits per heavy atom. The molecule has 0 aliphatic rings. The summed E-state index contributed by atoms with van der Waals surface area (Å²) in [4.78, 5) is 22.4. The fourth-order valence-corrected chi connectivity index (χ4v) is 1.65. The molecule has 2 N–H and O–H groups in total. The number of hydrogen-bond acceptors (Lipinski definition) is 3. The lowest BCUT2D eigenvalue weighted by atomic mass is 10.1. The zero-order valence-corrected chi connectivity index (χ0v) is 9.41. The van der Waals surface area contributed by atoms with E-state index in [-0.39, 0.29) is 17.9 Å². The third kappa shape index (κ3) is 2.40. The number of pyridine rings is 1. The van der Waals surface area contributed by atoms with Crippen LogP contribution in [0.3, 0.4) is 0 Å². The van der Waals surface area contributed by atoms with Crippen molar-refractivity contribution in [1.29, 1.82) is 0 Å². The summed E-state index contributed by atoms with van der Waals surface area (Å²) in [5.74, 6) is -1.34. The topological polar surface area (TPSA) is 79.5 Å². The summed E-state index contributed by atoms with van der Waals surface area (Å²) in [6.07, 6.45) is 1.54. The molecule has 5 heteroatoms. The monoisotopic (exact) mass is 245 g/mol. The molecule has 0 radical (unpaired) electrons. The van der Waals surface area contributed by atoms with E-state index in [9.17, 15) is 14.7 Å². The second kappa shape index (κ2) is 4.75. The lowest BCUT2D eigenvalue weighted by Crippen LogP contribution is -2.19. The Kier molecular flexibility index (Phi) is 3.14. The van der Waals surface area contributed by atoms with Gasteiger partial charge in [-0.1, -0.05) is 12.1 Å². The molecule has 18 heavy (non-hydrogen) atoms. The van der Waals surface area contributed by atoms with Gasteiger partial charge in [-0.05, 0) is 29.8 Å². The number of rotatable bonds is 3. The van der Waals surface area contributed by atoms with Gasteiger partial charge in [0.05, 0.1) is 12.1 Å². The molecular weight excluding hydrogens is 234 g/mol. The number of aromatic nitrogens is 1. The Morgan fingerprint density at radius 2 is 2.00 bits per heavy atom. The number of hydrogen-bond donors (Lipinski definition) is 2. The van der Waals surface area contributed by atoms with Crippen molar-refractivity contribution in [2.24, 2.45) is 0 Å². The number of carboxylic acids is 1. The van der Waals surface area contributed by atoms with E-state index in [2.05, 4.69) is 0 Å². The fourth-order valence-electron chi connectivity index (χ4n) is 1.65. The van der Waals surface area contributed by atoms with Crippen molar-refractivity contribution < 1.29 is 15.0 Å². The van der Waals surface area contributed by atoms with Crippen LogP contribution in [0, 0.1) is 0 Å². The SMILES string of the molecule is O=C(O)c1cccc(Cn2cccc(O)c2=O)c1. The van der Waals surface area contributed by atoms with Crippen LogP contribution in [0.15, 0.2) is 47.4 Å². The standard InChI is InChI=1S/C13H11NO4/c15-11-5-2-6-14(12(11)16)8-9-3-1-4-10(7-9)13(17)18/h1-7,15H,8H2,(H,17,18). The number of nitrogens with zero attached hydrogens (tertiary/aromatic N) is 1. The summed E-state index contributed by atoms with van der Waals surface area (Å²) in [6.45, 7) is 0.217. The minimum Gasteiger partial charge on any atom is -0.503 e. The van der Waals surface area contributed by atoms with Gasteiger partial charge >= 0.3 is 5.97 Å². The number of carbonyl (C=O) groups is 1. The van der Waals surface area contributed by atoms with E-state index < -0.39 is 11.5 Å². The first-order valence-corrected chi connectivity index (χ1v) is 5.28. The molecule has 1 aromatic heterocycles. The van der Waals surface area contributed by atoms with Crippen molar-refractivity contribution in [3.63, 3.8) is 0 Å². The van der Waals surface area contributed by atoms with Crippen molar-refractivity contribution in [3.8, 4) is 5.75 Å². The first-order chi connectivity index (χ1) is 8.58. The first-order valence-electron chi connectivity index (χ1n) is 5.28. The molecule has 0 atom stereocenters. The molecule has 0 unspecified atom stereocenters. The minimum atomic E-state index is -1.01. The van der Waals surface area contributed by atoms with Gasteiger partial charge in [0.1, 0.15) is 0 Å². The molecule has 0 amide bonds. The van der Waals surface area contributed by atoms with Crippen LogP contribution >= 0.6 is 0 Å². The Morgan fingerprint density at radius 3 is 2.72 bits per heavy atom. The van der Waals surface area contributed by atoms with Gasteiger partial charge in [-0.25, -0.2) is 4.79 Å². The summed E-state index contributed by atoms with van der Waals surface area (Å²) >= 11 is 0. The van der Waals surface area contributed by atoms with Gasteiger partial charge in [-0.3, -0.25) is 4.79 Å². The normalized spacial score (nSPS) is 10.2. The van der Waals surface area contributed by atoms with Crippen LogP contribution in [-0.4, -0.2) is 20.7 Å². The maximum atomic E-state index is 11.6. The van der Waals surface area contributed by atoms with Crippen molar-refractivity contribution in [3.05, 3.63) is 64.1 Å². The zero-order chi connectivity index (χ0) is 13.1. The second-order valence-corrected chi connectivity index (χ2v) is 3.83. The van der Waals surface area contributed by atoms with Gasteiger partial charge in [0.15, 0.2) is 5.75 Å². The molecule has 0 aliphatic carbocycles. The van der Waals surface area contributed by atoms with E-state index in [1.54, 1.807) is 18.2 Å². The van der Waals surface area contributed by atoms with Crippen LogP contribution in [0.2, 0.25) is 0 Å². The third-order valence-electron chi connectivity index (χ3n) is 2.53. The molecule has 0 saturated heterocycles. The predicted octanol–water partition coefficient (Wildman–Crippen LogP) is 1.30. The van der Waals surface area contributed by atoms with Gasteiger partial charge < -0.3 is 14.8 Å². The molecule has 0 aliphatic heterocycles. The van der Waals surface area contributed by atoms with E-state index in [1.165, 1.54) is 29.0 Å². The molecule has 0 fully saturated rings. The van der Waals surface area contributed by atoms with E-state index in [4.69, 9.17) is 5.11 Å². The summed E-state index contributed by atoms with van der Waals surface area (Å²) in [7, 11) is 0. The van der Waals surface area contributed by atoms with Gasteiger partial charge in [0.25, 0.3) is 5.56 Å². The second-order valence-electron chi connectivity index (χ2n) is 3.83. The quantitative estimate of drug-likeness (QED) is 0.854. The van der Waals surface area contributed by atoms with Crippen LogP contribution in [0.4, 0.5) is 0 Å². The molecule has 1 heterocycles. The van der Waals surface area contributed by atoms with Gasteiger partial charge in [0.2, 0.25) is 0 Å². The summed E-state index contributed by atoms with van der Waals surface area (Å²) in [6, 6.07) is 9.19. The fraction of sp³-hybridized carbons (Fsp3) is 0.0769. The average Bonchev–Trinajstić information content (AvgIpc) is 2.35. The lowest BCUT2D eigenvalue weighted by Gasteiger charge is -2.06. The van der Waals surface area contributed by atoms with Crippen molar-refractivity contribution in [1.82, 2.24) is 4.57 Å². The number of carboxylic acid groups (broad SMARTS) is 1. The molecule has 92 valence electrons. The third-order valence-corrected chi connectivity index (χ3v) is 2.53. The molecule has 2 aromatic rings. The van der Waals surface area contributed by atoms with E-state index in [0.29, 0.717) is 5.56 Å². The van der Waals surface area contributed by atoms with Crippen LogP contribution in [-0.2, 0) is 6.54 Å². The van der Waals surface area contributed by atoms with Crippen molar-refractivity contribution >= 4 is 5.97 Å². The average molecular weight is 245 g/mol. The molecule has 0 bridgehead atoms.